The Hall–Kier alpha value is -2.08. The Kier molecular flexibility index (Phi) is 5.04. The molecule has 130 valence electrons. The van der Waals surface area contributed by atoms with Crippen LogP contribution in [0.3, 0.4) is 0 Å². The van der Waals surface area contributed by atoms with Gasteiger partial charge < -0.3 is 20.9 Å². The summed E-state index contributed by atoms with van der Waals surface area (Å²) in [4.78, 5) is 28.3. The Bertz CT molecular complexity index is 617. The lowest BCUT2D eigenvalue weighted by Gasteiger charge is -2.32. The molecule has 0 spiro atoms. The van der Waals surface area contributed by atoms with Crippen molar-refractivity contribution in [3.05, 3.63) is 29.3 Å². The SMILES string of the molecule is Cc1cc(C(=O)N2CCC(C(N)=O)CC2)cc(N2CCNCC2)c1. The topological polar surface area (TPSA) is 78.7 Å². The number of nitrogens with zero attached hydrogens (tertiary/aromatic N) is 2. The number of piperidine rings is 1. The van der Waals surface area contributed by atoms with Gasteiger partial charge in [-0.05, 0) is 43.5 Å². The number of anilines is 1. The Morgan fingerprint density at radius 3 is 2.38 bits per heavy atom. The second kappa shape index (κ2) is 7.21. The maximum atomic E-state index is 12.8. The van der Waals surface area contributed by atoms with Crippen LogP contribution in [-0.4, -0.2) is 56.0 Å². The minimum atomic E-state index is -0.251. The van der Waals surface area contributed by atoms with Gasteiger partial charge in [-0.2, -0.15) is 0 Å². The van der Waals surface area contributed by atoms with E-state index in [0.717, 1.165) is 43.0 Å². The summed E-state index contributed by atoms with van der Waals surface area (Å²) in [6.07, 6.45) is 1.33. The molecule has 24 heavy (non-hydrogen) atoms. The van der Waals surface area contributed by atoms with Crippen molar-refractivity contribution in [2.75, 3.05) is 44.2 Å². The van der Waals surface area contributed by atoms with Crippen LogP contribution < -0.4 is 16.0 Å². The molecule has 6 nitrogen and oxygen atoms in total. The van der Waals surface area contributed by atoms with Crippen molar-refractivity contribution in [2.45, 2.75) is 19.8 Å². The Balaban J connectivity index is 1.73. The van der Waals surface area contributed by atoms with Crippen molar-refractivity contribution in [1.82, 2.24) is 10.2 Å². The van der Waals surface area contributed by atoms with Gasteiger partial charge in [-0.25, -0.2) is 0 Å². The van der Waals surface area contributed by atoms with E-state index >= 15 is 0 Å². The number of hydrogen-bond donors (Lipinski definition) is 2. The van der Waals surface area contributed by atoms with E-state index < -0.39 is 0 Å². The quantitative estimate of drug-likeness (QED) is 0.857. The zero-order chi connectivity index (χ0) is 17.1. The van der Waals surface area contributed by atoms with Crippen molar-refractivity contribution < 1.29 is 9.59 Å². The smallest absolute Gasteiger partial charge is 0.253 e. The molecule has 0 radical (unpaired) electrons. The molecule has 0 atom stereocenters. The van der Waals surface area contributed by atoms with Gasteiger partial charge in [0.05, 0.1) is 0 Å². The highest BCUT2D eigenvalue weighted by Gasteiger charge is 2.27. The van der Waals surface area contributed by atoms with Gasteiger partial charge >= 0.3 is 0 Å². The van der Waals surface area contributed by atoms with Crippen LogP contribution in [0.1, 0.15) is 28.8 Å². The lowest BCUT2D eigenvalue weighted by molar-refractivity contribution is -0.123. The number of carbonyl (C=O) groups is 2. The fourth-order valence-electron chi connectivity index (χ4n) is 3.54. The molecule has 0 aromatic heterocycles. The summed E-state index contributed by atoms with van der Waals surface area (Å²) in [5.41, 5.74) is 8.32. The number of rotatable bonds is 3. The molecule has 1 aromatic rings. The highest BCUT2D eigenvalue weighted by atomic mass is 16.2. The number of aryl methyl sites for hydroxylation is 1. The molecule has 2 aliphatic rings. The molecule has 0 unspecified atom stereocenters. The fourth-order valence-corrected chi connectivity index (χ4v) is 3.54. The Morgan fingerprint density at radius 2 is 1.75 bits per heavy atom. The van der Waals surface area contributed by atoms with Crippen molar-refractivity contribution in [3.8, 4) is 0 Å². The zero-order valence-corrected chi connectivity index (χ0v) is 14.3. The molecule has 0 bridgehead atoms. The number of hydrogen-bond acceptors (Lipinski definition) is 4. The molecule has 6 heteroatoms. The van der Waals surface area contributed by atoms with Gasteiger partial charge in [-0.15, -0.1) is 0 Å². The first-order chi connectivity index (χ1) is 11.5. The third-order valence-electron chi connectivity index (χ3n) is 4.98. The van der Waals surface area contributed by atoms with E-state index in [9.17, 15) is 9.59 Å². The molecule has 2 aliphatic heterocycles. The van der Waals surface area contributed by atoms with E-state index in [-0.39, 0.29) is 17.7 Å². The van der Waals surface area contributed by atoms with Crippen LogP contribution in [0.5, 0.6) is 0 Å². The molecular weight excluding hydrogens is 304 g/mol. The molecule has 0 saturated carbocycles. The number of nitrogens with one attached hydrogen (secondary N) is 1. The van der Waals surface area contributed by atoms with Gasteiger partial charge in [-0.3, -0.25) is 9.59 Å². The average molecular weight is 330 g/mol. The molecule has 1 aromatic carbocycles. The van der Waals surface area contributed by atoms with Crippen LogP contribution >= 0.6 is 0 Å². The van der Waals surface area contributed by atoms with Gasteiger partial charge in [0.1, 0.15) is 0 Å². The Labute approximate surface area is 143 Å². The van der Waals surface area contributed by atoms with E-state index in [0.29, 0.717) is 25.9 Å². The van der Waals surface area contributed by atoms with Gasteiger partial charge in [0.15, 0.2) is 0 Å². The summed E-state index contributed by atoms with van der Waals surface area (Å²) >= 11 is 0. The van der Waals surface area contributed by atoms with Crippen LogP contribution in [0, 0.1) is 12.8 Å². The lowest BCUT2D eigenvalue weighted by Crippen LogP contribution is -2.44. The fraction of sp³-hybridized carbons (Fsp3) is 0.556. The largest absolute Gasteiger partial charge is 0.369 e. The first-order valence-corrected chi connectivity index (χ1v) is 8.70. The normalized spacial score (nSPS) is 19.4. The van der Waals surface area contributed by atoms with Crippen molar-refractivity contribution >= 4 is 17.5 Å². The molecule has 2 fully saturated rings. The minimum absolute atomic E-state index is 0.0537. The number of nitrogens with two attached hydrogens (primary N) is 1. The van der Waals surface area contributed by atoms with Gasteiger partial charge in [0, 0.05) is 56.4 Å². The summed E-state index contributed by atoms with van der Waals surface area (Å²) in [7, 11) is 0. The summed E-state index contributed by atoms with van der Waals surface area (Å²) in [6, 6.07) is 6.09. The summed E-state index contributed by atoms with van der Waals surface area (Å²) in [5.74, 6) is -0.292. The number of piperazine rings is 1. The molecule has 2 heterocycles. The third-order valence-corrected chi connectivity index (χ3v) is 4.98. The van der Waals surface area contributed by atoms with Crippen LogP contribution in [0.25, 0.3) is 0 Å². The van der Waals surface area contributed by atoms with Crippen LogP contribution in [0.15, 0.2) is 18.2 Å². The summed E-state index contributed by atoms with van der Waals surface area (Å²) in [5, 5.41) is 3.35. The number of amides is 2. The maximum Gasteiger partial charge on any atom is 0.253 e. The van der Waals surface area contributed by atoms with Gasteiger partial charge in [0.25, 0.3) is 5.91 Å². The monoisotopic (exact) mass is 330 g/mol. The first-order valence-electron chi connectivity index (χ1n) is 8.70. The van der Waals surface area contributed by atoms with Crippen molar-refractivity contribution in [2.24, 2.45) is 11.7 Å². The predicted octanol–water partition coefficient (Wildman–Crippen LogP) is 0.742. The van der Waals surface area contributed by atoms with E-state index in [1.54, 1.807) is 0 Å². The molecule has 3 N–H and O–H groups in total. The predicted molar refractivity (Wildman–Crippen MR) is 94.1 cm³/mol. The van der Waals surface area contributed by atoms with E-state index in [1.165, 1.54) is 0 Å². The van der Waals surface area contributed by atoms with Crippen LogP contribution in [-0.2, 0) is 4.79 Å². The van der Waals surface area contributed by atoms with Crippen molar-refractivity contribution in [1.29, 1.82) is 0 Å². The third kappa shape index (κ3) is 3.70. The molecule has 0 aliphatic carbocycles. The maximum absolute atomic E-state index is 12.8. The number of benzene rings is 1. The van der Waals surface area contributed by atoms with E-state index in [2.05, 4.69) is 16.3 Å². The average Bonchev–Trinajstić information content (AvgIpc) is 2.61. The zero-order valence-electron chi connectivity index (χ0n) is 14.3. The standard InChI is InChI=1S/C18H26N4O2/c1-13-10-15(12-16(11-13)21-8-4-20-5-9-21)18(24)22-6-2-14(3-7-22)17(19)23/h10-12,14,20H,2-9H2,1H3,(H2,19,23). The highest BCUT2D eigenvalue weighted by molar-refractivity contribution is 5.95. The second-order valence-electron chi connectivity index (χ2n) is 6.76. The van der Waals surface area contributed by atoms with Crippen LogP contribution in [0.4, 0.5) is 5.69 Å². The van der Waals surface area contributed by atoms with Crippen molar-refractivity contribution in [3.63, 3.8) is 0 Å². The summed E-state index contributed by atoms with van der Waals surface area (Å²) in [6.45, 7) is 7.09. The number of likely N-dealkylation sites (tertiary alicyclic amines) is 1. The number of carbonyl (C=O) groups excluding carboxylic acids is 2. The summed E-state index contributed by atoms with van der Waals surface area (Å²) < 4.78 is 0. The van der Waals surface area contributed by atoms with Crippen LogP contribution in [0.2, 0.25) is 0 Å². The van der Waals surface area contributed by atoms with Gasteiger partial charge in [0.2, 0.25) is 5.91 Å². The lowest BCUT2D eigenvalue weighted by atomic mass is 9.95. The molecule has 3 rings (SSSR count). The first kappa shape index (κ1) is 16.8. The molecule has 2 amide bonds. The highest BCUT2D eigenvalue weighted by Crippen LogP contribution is 2.23. The number of primary amides is 1. The Morgan fingerprint density at radius 1 is 1.08 bits per heavy atom. The molecule has 2 saturated heterocycles. The molecular formula is C18H26N4O2. The second-order valence-corrected chi connectivity index (χ2v) is 6.76. The minimum Gasteiger partial charge on any atom is -0.369 e. The van der Waals surface area contributed by atoms with E-state index in [1.807, 2.05) is 24.0 Å². The van der Waals surface area contributed by atoms with E-state index in [4.69, 9.17) is 5.73 Å². The van der Waals surface area contributed by atoms with Gasteiger partial charge in [-0.1, -0.05) is 0 Å².